The summed E-state index contributed by atoms with van der Waals surface area (Å²) in [5.41, 5.74) is 0. The maximum Gasteiger partial charge on any atom is 0.0328 e. The van der Waals surface area contributed by atoms with Crippen LogP contribution in [0.5, 0.6) is 0 Å². The first-order valence-corrected chi connectivity index (χ1v) is 4.05. The van der Waals surface area contributed by atoms with Gasteiger partial charge in [-0.1, -0.05) is 39.8 Å². The molecule has 1 aliphatic heterocycles. The second kappa shape index (κ2) is 15.7. The fraction of sp³-hybridized carbons (Fsp3) is 0.556. The van der Waals surface area contributed by atoms with Crippen LogP contribution in [0.1, 0.15) is 27.7 Å². The highest BCUT2D eigenvalue weighted by molar-refractivity contribution is 5.06. The van der Waals surface area contributed by atoms with Gasteiger partial charge < -0.3 is 5.32 Å². The molecule has 1 aliphatic rings. The van der Waals surface area contributed by atoms with Crippen molar-refractivity contribution in [3.63, 3.8) is 0 Å². The molecule has 10 heavy (non-hydrogen) atoms. The quantitative estimate of drug-likeness (QED) is 0.547. The highest BCUT2D eigenvalue weighted by atomic mass is 14.8. The van der Waals surface area contributed by atoms with Gasteiger partial charge in [-0.3, -0.25) is 0 Å². The summed E-state index contributed by atoms with van der Waals surface area (Å²) in [7, 11) is 0. The Bertz CT molecular complexity index is 70.7. The maximum atomic E-state index is 3.02. The number of nitrogens with one attached hydrogen (secondary N) is 1. The molecule has 0 aliphatic carbocycles. The Kier molecular flexibility index (Phi) is 18.9. The van der Waals surface area contributed by atoms with Gasteiger partial charge in [0.15, 0.2) is 0 Å². The molecule has 1 nitrogen and oxygen atoms in total. The molecule has 0 atom stereocenters. The van der Waals surface area contributed by atoms with Crippen molar-refractivity contribution in [2.24, 2.45) is 0 Å². The fourth-order valence-electron chi connectivity index (χ4n) is 0.406. The van der Waals surface area contributed by atoms with E-state index in [4.69, 9.17) is 0 Å². The molecule has 1 heterocycles. The van der Waals surface area contributed by atoms with Gasteiger partial charge in [0.1, 0.15) is 0 Å². The molecule has 0 amide bonds. The van der Waals surface area contributed by atoms with Gasteiger partial charge in [0.05, 0.1) is 0 Å². The number of hydrogen-bond acceptors (Lipinski definition) is 1. The van der Waals surface area contributed by atoms with Gasteiger partial charge in [0, 0.05) is 6.54 Å². The molecule has 0 spiro atoms. The van der Waals surface area contributed by atoms with E-state index in [9.17, 15) is 0 Å². The molecule has 0 fully saturated rings. The summed E-state index contributed by atoms with van der Waals surface area (Å²) in [6.07, 6.45) is 8.00. The van der Waals surface area contributed by atoms with Crippen molar-refractivity contribution in [2.75, 3.05) is 6.54 Å². The van der Waals surface area contributed by atoms with Crippen molar-refractivity contribution >= 4 is 0 Å². The summed E-state index contributed by atoms with van der Waals surface area (Å²) in [6, 6.07) is 0. The van der Waals surface area contributed by atoms with E-state index in [0.717, 1.165) is 6.54 Å². The fourth-order valence-corrected chi connectivity index (χ4v) is 0.406. The van der Waals surface area contributed by atoms with Crippen molar-refractivity contribution in [2.45, 2.75) is 27.7 Å². The van der Waals surface area contributed by atoms with Crippen LogP contribution in [-0.4, -0.2) is 6.54 Å². The van der Waals surface area contributed by atoms with E-state index in [-0.39, 0.29) is 0 Å². The third kappa shape index (κ3) is 10.3. The highest BCUT2D eigenvalue weighted by Crippen LogP contribution is 1.78. The lowest BCUT2D eigenvalue weighted by Gasteiger charge is -1.94. The SMILES string of the molecule is C1=CCNC=C1.CC.CC. The average Bonchev–Trinajstić information content (AvgIpc) is 2.14. The minimum Gasteiger partial charge on any atom is -0.387 e. The van der Waals surface area contributed by atoms with Crippen molar-refractivity contribution in [1.82, 2.24) is 5.32 Å². The lowest BCUT2D eigenvalue weighted by molar-refractivity contribution is 0.972. The number of rotatable bonds is 0. The Morgan fingerprint density at radius 1 is 1.00 bits per heavy atom. The molecule has 1 N–H and O–H groups in total. The third-order valence-corrected chi connectivity index (χ3v) is 0.697. The van der Waals surface area contributed by atoms with E-state index >= 15 is 0 Å². The molecule has 0 unspecified atom stereocenters. The first-order chi connectivity index (χ1) is 5.00. The Balaban J connectivity index is 0. The van der Waals surface area contributed by atoms with Crippen LogP contribution in [0.3, 0.4) is 0 Å². The lowest BCUT2D eigenvalue weighted by Crippen LogP contribution is -2.05. The molecule has 0 radical (unpaired) electrons. The van der Waals surface area contributed by atoms with Crippen molar-refractivity contribution < 1.29 is 0 Å². The van der Waals surface area contributed by atoms with E-state index in [1.165, 1.54) is 0 Å². The van der Waals surface area contributed by atoms with Gasteiger partial charge in [-0.05, 0) is 12.3 Å². The van der Waals surface area contributed by atoms with Gasteiger partial charge in [-0.25, -0.2) is 0 Å². The Labute approximate surface area is 64.8 Å². The van der Waals surface area contributed by atoms with E-state index in [1.807, 2.05) is 46.0 Å². The summed E-state index contributed by atoms with van der Waals surface area (Å²) >= 11 is 0. The van der Waals surface area contributed by atoms with Gasteiger partial charge >= 0.3 is 0 Å². The predicted octanol–water partition coefficient (Wildman–Crippen LogP) is 2.71. The predicted molar refractivity (Wildman–Crippen MR) is 49.0 cm³/mol. The van der Waals surface area contributed by atoms with E-state index < -0.39 is 0 Å². The van der Waals surface area contributed by atoms with Crippen molar-refractivity contribution in [3.8, 4) is 0 Å². The monoisotopic (exact) mass is 141 g/mol. The normalized spacial score (nSPS) is 11.6. The van der Waals surface area contributed by atoms with E-state index in [2.05, 4.69) is 11.4 Å². The van der Waals surface area contributed by atoms with Crippen molar-refractivity contribution in [1.29, 1.82) is 0 Å². The Morgan fingerprint density at radius 3 is 1.70 bits per heavy atom. The summed E-state index contributed by atoms with van der Waals surface area (Å²) < 4.78 is 0. The molecule has 1 rings (SSSR count). The average molecular weight is 141 g/mol. The first kappa shape index (κ1) is 12.0. The molecule has 0 aromatic rings. The number of hydrogen-bond donors (Lipinski definition) is 1. The molecule has 0 bridgehead atoms. The molecule has 1 heteroatoms. The van der Waals surface area contributed by atoms with Crippen molar-refractivity contribution in [3.05, 3.63) is 24.4 Å². The minimum absolute atomic E-state index is 0.983. The molecule has 0 saturated heterocycles. The summed E-state index contributed by atoms with van der Waals surface area (Å²) in [5.74, 6) is 0. The Morgan fingerprint density at radius 2 is 1.60 bits per heavy atom. The van der Waals surface area contributed by atoms with Crippen LogP contribution in [0.15, 0.2) is 24.4 Å². The standard InChI is InChI=1S/C5H7N.2C2H6/c1-2-4-6-5-3-1;2*1-2/h1-4,6H,5H2;2*1-2H3. The molecular formula is C9H19N. The highest BCUT2D eigenvalue weighted by Gasteiger charge is 1.73. The second-order valence-corrected chi connectivity index (χ2v) is 1.20. The van der Waals surface area contributed by atoms with Crippen LogP contribution in [0.4, 0.5) is 0 Å². The number of dihydropyridines is 1. The van der Waals surface area contributed by atoms with Crippen LogP contribution in [0, 0.1) is 0 Å². The Hall–Kier alpha value is -0.720. The second-order valence-electron chi connectivity index (χ2n) is 1.20. The number of allylic oxidation sites excluding steroid dienone is 2. The summed E-state index contributed by atoms with van der Waals surface area (Å²) in [5, 5.41) is 3.02. The van der Waals surface area contributed by atoms with Crippen LogP contribution < -0.4 is 5.32 Å². The largest absolute Gasteiger partial charge is 0.387 e. The van der Waals surface area contributed by atoms with Gasteiger partial charge in [0.25, 0.3) is 0 Å². The zero-order chi connectivity index (χ0) is 8.24. The first-order valence-electron chi connectivity index (χ1n) is 4.05. The smallest absolute Gasteiger partial charge is 0.0328 e. The third-order valence-electron chi connectivity index (χ3n) is 0.697. The van der Waals surface area contributed by atoms with E-state index in [0.29, 0.717) is 0 Å². The topological polar surface area (TPSA) is 12.0 Å². The molecule has 60 valence electrons. The zero-order valence-corrected chi connectivity index (χ0v) is 7.52. The van der Waals surface area contributed by atoms with Gasteiger partial charge in [-0.2, -0.15) is 0 Å². The molecule has 0 saturated carbocycles. The summed E-state index contributed by atoms with van der Waals surface area (Å²) in [6.45, 7) is 8.98. The molecule has 0 aromatic carbocycles. The molecule has 0 aromatic heterocycles. The van der Waals surface area contributed by atoms with Crippen LogP contribution in [0.2, 0.25) is 0 Å². The van der Waals surface area contributed by atoms with E-state index in [1.54, 1.807) is 0 Å². The van der Waals surface area contributed by atoms with Crippen LogP contribution in [0.25, 0.3) is 0 Å². The van der Waals surface area contributed by atoms with Gasteiger partial charge in [-0.15, -0.1) is 0 Å². The van der Waals surface area contributed by atoms with Gasteiger partial charge in [0.2, 0.25) is 0 Å². The minimum atomic E-state index is 0.983. The van der Waals surface area contributed by atoms with Crippen LogP contribution in [-0.2, 0) is 0 Å². The van der Waals surface area contributed by atoms with Crippen LogP contribution >= 0.6 is 0 Å². The zero-order valence-electron chi connectivity index (χ0n) is 7.52. The maximum absolute atomic E-state index is 3.02. The summed E-state index contributed by atoms with van der Waals surface area (Å²) in [4.78, 5) is 0. The lowest BCUT2D eigenvalue weighted by atomic mass is 10.4. The molecular weight excluding hydrogens is 122 g/mol.